The summed E-state index contributed by atoms with van der Waals surface area (Å²) < 4.78 is 29.7. The van der Waals surface area contributed by atoms with Crippen molar-refractivity contribution in [3.05, 3.63) is 109 Å². The molecular formula is C28H27N4O4S2+. The Kier molecular flexibility index (Phi) is 9.23. The Morgan fingerprint density at radius 3 is 2.32 bits per heavy atom. The Balaban J connectivity index is 1.33. The summed E-state index contributed by atoms with van der Waals surface area (Å²) in [6.45, 7) is 0.844. The predicted molar refractivity (Wildman–Crippen MR) is 147 cm³/mol. The number of amides is 1. The quantitative estimate of drug-likeness (QED) is 0.157. The van der Waals surface area contributed by atoms with Crippen LogP contribution in [0.3, 0.4) is 0 Å². The molecule has 4 aromatic rings. The Bertz CT molecular complexity index is 1480. The Morgan fingerprint density at radius 2 is 1.58 bits per heavy atom. The lowest BCUT2D eigenvalue weighted by molar-refractivity contribution is -0.697. The number of anilines is 2. The first-order valence-corrected chi connectivity index (χ1v) is 14.3. The van der Waals surface area contributed by atoms with Gasteiger partial charge in [0.1, 0.15) is 12.4 Å². The average Bonchev–Trinajstić information content (AvgIpc) is 2.92. The van der Waals surface area contributed by atoms with Crippen molar-refractivity contribution in [3.8, 4) is 0 Å². The van der Waals surface area contributed by atoms with Gasteiger partial charge in [0.05, 0.1) is 10.5 Å². The monoisotopic (exact) mass is 547 g/mol. The second-order valence-corrected chi connectivity index (χ2v) is 11.1. The maximum Gasteiger partial charge on any atom is 0.263 e. The van der Waals surface area contributed by atoms with Gasteiger partial charge in [-0.2, -0.15) is 0 Å². The maximum absolute atomic E-state index is 13.0. The molecule has 38 heavy (non-hydrogen) atoms. The van der Waals surface area contributed by atoms with Crippen LogP contribution in [0.15, 0.2) is 113 Å². The zero-order chi connectivity index (χ0) is 26.8. The molecule has 2 aromatic heterocycles. The van der Waals surface area contributed by atoms with Gasteiger partial charge in [-0.3, -0.25) is 14.3 Å². The molecule has 0 aliphatic carbocycles. The summed E-state index contributed by atoms with van der Waals surface area (Å²) in [5.41, 5.74) is 0.801. The fourth-order valence-corrected chi connectivity index (χ4v) is 5.52. The summed E-state index contributed by atoms with van der Waals surface area (Å²) in [4.78, 5) is 30.1. The molecule has 0 spiro atoms. The average molecular weight is 548 g/mol. The van der Waals surface area contributed by atoms with Gasteiger partial charge in [0, 0.05) is 41.8 Å². The largest absolute Gasteiger partial charge is 0.322 e. The Morgan fingerprint density at radius 1 is 0.842 bits per heavy atom. The first-order chi connectivity index (χ1) is 18.4. The minimum absolute atomic E-state index is 0.00160. The number of unbranched alkanes of at least 4 members (excludes halogenated alkanes) is 1. The molecule has 8 nitrogen and oxygen atoms in total. The lowest BCUT2D eigenvalue weighted by Crippen LogP contribution is -2.32. The molecule has 1 amide bonds. The van der Waals surface area contributed by atoms with Crippen LogP contribution in [0.2, 0.25) is 0 Å². The van der Waals surface area contributed by atoms with Crippen LogP contribution < -0.4 is 14.6 Å². The fourth-order valence-electron chi connectivity index (χ4n) is 3.60. The van der Waals surface area contributed by atoms with E-state index in [1.54, 1.807) is 42.5 Å². The van der Waals surface area contributed by atoms with Crippen molar-refractivity contribution < 1.29 is 22.6 Å². The highest BCUT2D eigenvalue weighted by molar-refractivity contribution is 8.13. The molecule has 2 heterocycles. The Hall–Kier alpha value is -4.02. The number of thioether (sulfide) groups is 1. The van der Waals surface area contributed by atoms with Gasteiger partial charge in [-0.1, -0.05) is 36.0 Å². The third-order valence-electron chi connectivity index (χ3n) is 5.51. The standard InChI is InChI=1S/C28H26N4O4S2/c33-27(13-5-9-21-32-19-7-1-8-20-32)37-25-11-3-2-10-24(25)28(34)30-22-14-16-23(17-15-22)38(35,36)31-26-12-4-6-18-29-26/h1-4,6-8,10-12,14-20H,5,9,13,21H2,(H-,29,30,31,34)/p+1. The van der Waals surface area contributed by atoms with Crippen molar-refractivity contribution in [3.63, 3.8) is 0 Å². The molecule has 0 aliphatic heterocycles. The molecule has 0 radical (unpaired) electrons. The van der Waals surface area contributed by atoms with Crippen LogP contribution in [0.5, 0.6) is 0 Å². The molecule has 10 heteroatoms. The van der Waals surface area contributed by atoms with E-state index in [4.69, 9.17) is 0 Å². The number of sulfonamides is 1. The van der Waals surface area contributed by atoms with Gasteiger partial charge in [-0.25, -0.2) is 18.0 Å². The van der Waals surface area contributed by atoms with Gasteiger partial charge < -0.3 is 5.32 Å². The fraction of sp³-hybridized carbons (Fsp3) is 0.143. The molecule has 2 N–H and O–H groups in total. The molecule has 0 bridgehead atoms. The second kappa shape index (κ2) is 13.0. The summed E-state index contributed by atoms with van der Waals surface area (Å²) in [6, 6.07) is 23.6. The number of carbonyl (C=O) groups excluding carboxylic acids is 2. The van der Waals surface area contributed by atoms with Gasteiger partial charge in [-0.15, -0.1) is 0 Å². The van der Waals surface area contributed by atoms with Gasteiger partial charge >= 0.3 is 0 Å². The summed E-state index contributed by atoms with van der Waals surface area (Å²) in [7, 11) is -3.82. The third-order valence-corrected chi connectivity index (χ3v) is 7.88. The Labute approximate surface area is 226 Å². The van der Waals surface area contributed by atoms with Gasteiger partial charge in [0.15, 0.2) is 17.5 Å². The van der Waals surface area contributed by atoms with E-state index in [0.717, 1.165) is 31.1 Å². The van der Waals surface area contributed by atoms with Gasteiger partial charge in [0.2, 0.25) is 0 Å². The van der Waals surface area contributed by atoms with Crippen LogP contribution in [-0.4, -0.2) is 24.4 Å². The zero-order valence-electron chi connectivity index (χ0n) is 20.5. The van der Waals surface area contributed by atoms with Crippen LogP contribution in [0.4, 0.5) is 11.5 Å². The summed E-state index contributed by atoms with van der Waals surface area (Å²) in [5, 5.41) is 2.78. The third kappa shape index (κ3) is 7.74. The van der Waals surface area contributed by atoms with Crippen molar-refractivity contribution in [2.75, 3.05) is 10.0 Å². The first kappa shape index (κ1) is 27.0. The van der Waals surface area contributed by atoms with E-state index in [1.807, 2.05) is 30.6 Å². The molecule has 0 unspecified atom stereocenters. The highest BCUT2D eigenvalue weighted by atomic mass is 32.2. The number of benzene rings is 2. The van der Waals surface area contributed by atoms with E-state index in [0.29, 0.717) is 22.6 Å². The van der Waals surface area contributed by atoms with E-state index < -0.39 is 10.0 Å². The number of hydrogen-bond acceptors (Lipinski definition) is 6. The minimum Gasteiger partial charge on any atom is -0.322 e. The molecule has 0 saturated carbocycles. The van der Waals surface area contributed by atoms with Crippen molar-refractivity contribution in [1.82, 2.24) is 4.98 Å². The van der Waals surface area contributed by atoms with Crippen molar-refractivity contribution in [1.29, 1.82) is 0 Å². The molecule has 0 aliphatic rings. The summed E-state index contributed by atoms with van der Waals surface area (Å²) in [6.07, 6.45) is 7.54. The number of hydrogen-bond donors (Lipinski definition) is 2. The smallest absolute Gasteiger partial charge is 0.263 e. The number of pyridine rings is 2. The maximum atomic E-state index is 13.0. The number of nitrogens with one attached hydrogen (secondary N) is 2. The van der Waals surface area contributed by atoms with Crippen molar-refractivity contribution >= 4 is 44.3 Å². The van der Waals surface area contributed by atoms with E-state index in [9.17, 15) is 18.0 Å². The SMILES string of the molecule is O=C(CCCC[n+]1ccccc1)Sc1ccccc1C(=O)Nc1ccc(S(=O)(=O)Nc2ccccn2)cc1. The number of carbonyl (C=O) groups is 2. The van der Waals surface area contributed by atoms with Crippen LogP contribution >= 0.6 is 11.8 Å². The van der Waals surface area contributed by atoms with E-state index in [-0.39, 0.29) is 21.7 Å². The van der Waals surface area contributed by atoms with Gasteiger partial charge in [-0.05, 0) is 55.0 Å². The normalized spacial score (nSPS) is 11.1. The van der Waals surface area contributed by atoms with Crippen LogP contribution in [-0.2, 0) is 21.4 Å². The summed E-state index contributed by atoms with van der Waals surface area (Å²) >= 11 is 1.06. The molecule has 0 fully saturated rings. The molecule has 2 aromatic carbocycles. The minimum atomic E-state index is -3.82. The van der Waals surface area contributed by atoms with Gasteiger partial charge in [0.25, 0.3) is 15.9 Å². The number of nitrogens with zero attached hydrogens (tertiary/aromatic N) is 2. The van der Waals surface area contributed by atoms with Crippen molar-refractivity contribution in [2.45, 2.75) is 35.6 Å². The topological polar surface area (TPSA) is 109 Å². The summed E-state index contributed by atoms with van der Waals surface area (Å²) in [5.74, 6) is -0.174. The predicted octanol–water partition coefficient (Wildman–Crippen LogP) is 4.91. The van der Waals surface area contributed by atoms with E-state index >= 15 is 0 Å². The number of aromatic nitrogens is 2. The highest BCUT2D eigenvalue weighted by Gasteiger charge is 2.17. The lowest BCUT2D eigenvalue weighted by Gasteiger charge is -2.11. The molecule has 194 valence electrons. The van der Waals surface area contributed by atoms with E-state index in [2.05, 4.69) is 19.6 Å². The number of aryl methyl sites for hydroxylation is 1. The molecular weight excluding hydrogens is 520 g/mol. The highest BCUT2D eigenvalue weighted by Crippen LogP contribution is 2.26. The van der Waals surface area contributed by atoms with Crippen molar-refractivity contribution in [2.24, 2.45) is 0 Å². The molecule has 0 saturated heterocycles. The van der Waals surface area contributed by atoms with Crippen LogP contribution in [0.1, 0.15) is 29.6 Å². The number of rotatable bonds is 11. The zero-order valence-corrected chi connectivity index (χ0v) is 22.1. The first-order valence-electron chi connectivity index (χ1n) is 12.0. The van der Waals surface area contributed by atoms with Crippen LogP contribution in [0.25, 0.3) is 0 Å². The lowest BCUT2D eigenvalue weighted by atomic mass is 10.2. The second-order valence-electron chi connectivity index (χ2n) is 8.34. The molecule has 0 atom stereocenters. The molecule has 4 rings (SSSR count). The van der Waals surface area contributed by atoms with Crippen LogP contribution in [0, 0.1) is 0 Å². The van der Waals surface area contributed by atoms with E-state index in [1.165, 1.54) is 30.5 Å².